The molecule has 0 bridgehead atoms. The van der Waals surface area contributed by atoms with Gasteiger partial charge in [-0.15, -0.1) is 0 Å². The Morgan fingerprint density at radius 1 is 1.44 bits per heavy atom. The smallest absolute Gasteiger partial charge is 0.306 e. The normalized spacial score (nSPS) is 12.2. The maximum absolute atomic E-state index is 10.6. The van der Waals surface area contributed by atoms with Crippen LogP contribution >= 0.6 is 0 Å². The van der Waals surface area contributed by atoms with Gasteiger partial charge in [-0.2, -0.15) is 0 Å². The predicted octanol–water partition coefficient (Wildman–Crippen LogP) is 2.79. The lowest BCUT2D eigenvalue weighted by atomic mass is 10.1. The van der Waals surface area contributed by atoms with E-state index in [-0.39, 0.29) is 5.92 Å². The van der Waals surface area contributed by atoms with Gasteiger partial charge in [0.15, 0.2) is 0 Å². The average molecular weight is 222 g/mol. The number of ether oxygens (including phenoxy) is 1. The van der Waals surface area contributed by atoms with Crippen molar-refractivity contribution in [3.05, 3.63) is 29.3 Å². The standard InChI is InChI=1S/C13H18O3/c1-9-5-4-6-12(11(9)3)16-8-7-10(2)13(14)15/h4-6,10H,7-8H2,1-3H3,(H,14,15). The first-order valence-electron chi connectivity index (χ1n) is 5.44. The van der Waals surface area contributed by atoms with Crippen LogP contribution in [0.1, 0.15) is 24.5 Å². The van der Waals surface area contributed by atoms with E-state index in [2.05, 4.69) is 0 Å². The zero-order valence-corrected chi connectivity index (χ0v) is 9.99. The van der Waals surface area contributed by atoms with Gasteiger partial charge in [0.2, 0.25) is 0 Å². The fraction of sp³-hybridized carbons (Fsp3) is 0.462. The second-order valence-electron chi connectivity index (χ2n) is 4.07. The first-order chi connectivity index (χ1) is 7.52. The second-order valence-corrected chi connectivity index (χ2v) is 4.07. The van der Waals surface area contributed by atoms with E-state index in [4.69, 9.17) is 9.84 Å². The van der Waals surface area contributed by atoms with Gasteiger partial charge < -0.3 is 9.84 Å². The molecule has 0 aliphatic carbocycles. The minimum absolute atomic E-state index is 0.356. The van der Waals surface area contributed by atoms with Crippen molar-refractivity contribution in [3.8, 4) is 5.75 Å². The van der Waals surface area contributed by atoms with Crippen LogP contribution < -0.4 is 4.74 Å². The number of aliphatic carboxylic acids is 1. The molecule has 1 atom stereocenters. The number of aryl methyl sites for hydroxylation is 1. The first kappa shape index (κ1) is 12.6. The number of hydrogen-bond donors (Lipinski definition) is 1. The van der Waals surface area contributed by atoms with Crippen LogP contribution in [0.2, 0.25) is 0 Å². The van der Waals surface area contributed by atoms with Gasteiger partial charge in [0, 0.05) is 0 Å². The summed E-state index contributed by atoms with van der Waals surface area (Å²) in [6.07, 6.45) is 0.530. The monoisotopic (exact) mass is 222 g/mol. The third kappa shape index (κ3) is 3.26. The van der Waals surface area contributed by atoms with Crippen LogP contribution in [-0.4, -0.2) is 17.7 Å². The SMILES string of the molecule is Cc1cccc(OCCC(C)C(=O)O)c1C. The van der Waals surface area contributed by atoms with Crippen molar-refractivity contribution >= 4 is 5.97 Å². The van der Waals surface area contributed by atoms with Crippen LogP contribution in [0.15, 0.2) is 18.2 Å². The van der Waals surface area contributed by atoms with Gasteiger partial charge in [0.05, 0.1) is 12.5 Å². The number of carbonyl (C=O) groups is 1. The molecule has 0 spiro atoms. The molecular formula is C13H18O3. The van der Waals surface area contributed by atoms with Crippen molar-refractivity contribution in [1.82, 2.24) is 0 Å². The van der Waals surface area contributed by atoms with Gasteiger partial charge in [-0.3, -0.25) is 4.79 Å². The van der Waals surface area contributed by atoms with Crippen LogP contribution in [0, 0.1) is 19.8 Å². The molecule has 1 aromatic carbocycles. The van der Waals surface area contributed by atoms with E-state index in [1.54, 1.807) is 6.92 Å². The van der Waals surface area contributed by atoms with Gasteiger partial charge in [0.1, 0.15) is 5.75 Å². The van der Waals surface area contributed by atoms with Gasteiger partial charge in [-0.05, 0) is 37.5 Å². The van der Waals surface area contributed by atoms with E-state index in [1.807, 2.05) is 32.0 Å². The molecule has 1 N–H and O–H groups in total. The van der Waals surface area contributed by atoms with E-state index in [0.29, 0.717) is 13.0 Å². The van der Waals surface area contributed by atoms with Crippen molar-refractivity contribution < 1.29 is 14.6 Å². The zero-order valence-electron chi connectivity index (χ0n) is 9.99. The highest BCUT2D eigenvalue weighted by atomic mass is 16.5. The average Bonchev–Trinajstić information content (AvgIpc) is 2.24. The third-order valence-electron chi connectivity index (χ3n) is 2.78. The number of benzene rings is 1. The molecule has 0 radical (unpaired) electrons. The molecule has 1 unspecified atom stereocenters. The summed E-state index contributed by atoms with van der Waals surface area (Å²) >= 11 is 0. The Bertz CT molecular complexity index is 371. The molecular weight excluding hydrogens is 204 g/mol. The Kier molecular flexibility index (Phi) is 4.35. The van der Waals surface area contributed by atoms with E-state index in [9.17, 15) is 4.79 Å². The molecule has 0 fully saturated rings. The maximum atomic E-state index is 10.6. The highest BCUT2D eigenvalue weighted by Crippen LogP contribution is 2.20. The Morgan fingerprint density at radius 2 is 2.12 bits per heavy atom. The van der Waals surface area contributed by atoms with Crippen molar-refractivity contribution in [2.45, 2.75) is 27.2 Å². The summed E-state index contributed by atoms with van der Waals surface area (Å²) in [5, 5.41) is 8.72. The van der Waals surface area contributed by atoms with E-state index >= 15 is 0 Å². The molecule has 16 heavy (non-hydrogen) atoms. The lowest BCUT2D eigenvalue weighted by Crippen LogP contribution is -2.13. The zero-order chi connectivity index (χ0) is 12.1. The molecule has 0 saturated carbocycles. The molecule has 0 aromatic heterocycles. The molecule has 3 heteroatoms. The van der Waals surface area contributed by atoms with Gasteiger partial charge in [0.25, 0.3) is 0 Å². The highest BCUT2D eigenvalue weighted by Gasteiger charge is 2.10. The molecule has 3 nitrogen and oxygen atoms in total. The van der Waals surface area contributed by atoms with Gasteiger partial charge in [-0.25, -0.2) is 0 Å². The molecule has 0 aliphatic rings. The van der Waals surface area contributed by atoms with E-state index in [0.717, 1.165) is 11.3 Å². The molecule has 1 aromatic rings. The van der Waals surface area contributed by atoms with Gasteiger partial charge in [-0.1, -0.05) is 19.1 Å². The summed E-state index contributed by atoms with van der Waals surface area (Å²) < 4.78 is 5.58. The summed E-state index contributed by atoms with van der Waals surface area (Å²) in [5.41, 5.74) is 2.30. The van der Waals surface area contributed by atoms with Gasteiger partial charge >= 0.3 is 5.97 Å². The molecule has 88 valence electrons. The summed E-state index contributed by atoms with van der Waals surface area (Å²) in [5.74, 6) is -0.285. The Morgan fingerprint density at radius 3 is 2.75 bits per heavy atom. The fourth-order valence-electron chi connectivity index (χ4n) is 1.35. The predicted molar refractivity (Wildman–Crippen MR) is 62.8 cm³/mol. The number of carboxylic acids is 1. The van der Waals surface area contributed by atoms with E-state index in [1.165, 1.54) is 5.56 Å². The van der Waals surface area contributed by atoms with Crippen molar-refractivity contribution in [2.75, 3.05) is 6.61 Å². The lowest BCUT2D eigenvalue weighted by molar-refractivity contribution is -0.141. The van der Waals surface area contributed by atoms with Crippen LogP contribution in [0.4, 0.5) is 0 Å². The van der Waals surface area contributed by atoms with Crippen molar-refractivity contribution in [1.29, 1.82) is 0 Å². The van der Waals surface area contributed by atoms with Crippen molar-refractivity contribution in [3.63, 3.8) is 0 Å². The molecule has 0 heterocycles. The van der Waals surface area contributed by atoms with Crippen LogP contribution in [0.25, 0.3) is 0 Å². The Labute approximate surface area is 96.1 Å². The minimum atomic E-state index is -0.774. The Hall–Kier alpha value is -1.51. The summed E-state index contributed by atoms with van der Waals surface area (Å²) in [7, 11) is 0. The summed E-state index contributed by atoms with van der Waals surface area (Å²) in [4.78, 5) is 10.6. The molecule has 0 saturated heterocycles. The van der Waals surface area contributed by atoms with Crippen LogP contribution in [-0.2, 0) is 4.79 Å². The number of carboxylic acid groups (broad SMARTS) is 1. The molecule has 0 aliphatic heterocycles. The topological polar surface area (TPSA) is 46.5 Å². The quantitative estimate of drug-likeness (QED) is 0.833. The summed E-state index contributed by atoms with van der Waals surface area (Å²) in [6, 6.07) is 5.88. The van der Waals surface area contributed by atoms with E-state index < -0.39 is 5.97 Å². The lowest BCUT2D eigenvalue weighted by Gasteiger charge is -2.12. The number of rotatable bonds is 5. The third-order valence-corrected chi connectivity index (χ3v) is 2.78. The van der Waals surface area contributed by atoms with Crippen molar-refractivity contribution in [2.24, 2.45) is 5.92 Å². The largest absolute Gasteiger partial charge is 0.493 e. The Balaban J connectivity index is 2.49. The molecule has 0 amide bonds. The van der Waals surface area contributed by atoms with Crippen LogP contribution in [0.3, 0.4) is 0 Å². The number of hydrogen-bond acceptors (Lipinski definition) is 2. The summed E-state index contributed by atoms with van der Waals surface area (Å²) in [6.45, 7) is 6.17. The second kappa shape index (κ2) is 5.54. The molecule has 1 rings (SSSR count). The minimum Gasteiger partial charge on any atom is -0.493 e. The van der Waals surface area contributed by atoms with Crippen LogP contribution in [0.5, 0.6) is 5.75 Å². The maximum Gasteiger partial charge on any atom is 0.306 e. The highest BCUT2D eigenvalue weighted by molar-refractivity contribution is 5.69. The fourth-order valence-corrected chi connectivity index (χ4v) is 1.35. The first-order valence-corrected chi connectivity index (χ1v) is 5.44.